The van der Waals surface area contributed by atoms with Gasteiger partial charge >= 0.3 is 0 Å². The summed E-state index contributed by atoms with van der Waals surface area (Å²) in [5.74, 6) is 0.375. The van der Waals surface area contributed by atoms with E-state index in [-0.39, 0.29) is 11.9 Å². The van der Waals surface area contributed by atoms with Crippen LogP contribution in [0.4, 0.5) is 0 Å². The van der Waals surface area contributed by atoms with Crippen LogP contribution in [0.1, 0.15) is 56.2 Å². The molecule has 1 atom stereocenters. The highest BCUT2D eigenvalue weighted by molar-refractivity contribution is 7.99. The van der Waals surface area contributed by atoms with Crippen LogP contribution in [0.2, 0.25) is 0 Å². The van der Waals surface area contributed by atoms with Crippen LogP contribution in [-0.2, 0) is 4.79 Å². The maximum atomic E-state index is 12.5. The van der Waals surface area contributed by atoms with E-state index in [1.807, 2.05) is 10.7 Å². The van der Waals surface area contributed by atoms with Gasteiger partial charge in [-0.3, -0.25) is 9.69 Å². The van der Waals surface area contributed by atoms with Crippen LogP contribution in [0.25, 0.3) is 0 Å². The van der Waals surface area contributed by atoms with E-state index in [2.05, 4.69) is 50.0 Å². The normalized spacial score (nSPS) is 19.1. The summed E-state index contributed by atoms with van der Waals surface area (Å²) < 4.78 is 1.90. The molecule has 1 aromatic heterocycles. The van der Waals surface area contributed by atoms with E-state index in [0.29, 0.717) is 18.3 Å². The third-order valence-corrected chi connectivity index (χ3v) is 6.66. The Labute approximate surface area is 170 Å². The molecular formula is C20H28N6OS. The summed E-state index contributed by atoms with van der Waals surface area (Å²) in [6.45, 7) is 2.83. The lowest BCUT2D eigenvalue weighted by Gasteiger charge is -2.28. The number of tetrazole rings is 1. The van der Waals surface area contributed by atoms with E-state index in [1.165, 1.54) is 43.0 Å². The number of benzene rings is 1. The van der Waals surface area contributed by atoms with Crippen molar-refractivity contribution in [1.82, 2.24) is 30.4 Å². The topological polar surface area (TPSA) is 75.9 Å². The summed E-state index contributed by atoms with van der Waals surface area (Å²) in [6, 6.07) is 11.1. The fourth-order valence-electron chi connectivity index (χ4n) is 4.24. The largest absolute Gasteiger partial charge is 0.353 e. The lowest BCUT2D eigenvalue weighted by molar-refractivity contribution is -0.118. The predicted molar refractivity (Wildman–Crippen MR) is 109 cm³/mol. The number of carbonyl (C=O) groups excluding carboxylic acids is 1. The van der Waals surface area contributed by atoms with Gasteiger partial charge < -0.3 is 5.32 Å². The Morgan fingerprint density at radius 2 is 1.89 bits per heavy atom. The maximum absolute atomic E-state index is 12.5. The van der Waals surface area contributed by atoms with Crippen molar-refractivity contribution in [3.63, 3.8) is 0 Å². The molecule has 4 rings (SSSR count). The van der Waals surface area contributed by atoms with Crippen molar-refractivity contribution in [2.24, 2.45) is 0 Å². The van der Waals surface area contributed by atoms with E-state index in [1.54, 1.807) is 0 Å². The standard InChI is InChI=1S/C20H28N6OS/c27-19(15-28-20-22-23-24-26(20)17-10-4-5-11-17)21-14-18(25-12-6-7-13-25)16-8-2-1-3-9-16/h1-3,8-9,17-18H,4-7,10-15H2,(H,21,27)/t18-/m1/s1. The Kier molecular flexibility index (Phi) is 6.59. The van der Waals surface area contributed by atoms with Gasteiger partial charge in [0.25, 0.3) is 0 Å². The van der Waals surface area contributed by atoms with Crippen LogP contribution in [0.3, 0.4) is 0 Å². The zero-order valence-corrected chi connectivity index (χ0v) is 17.0. The molecular weight excluding hydrogens is 372 g/mol. The van der Waals surface area contributed by atoms with Crippen molar-refractivity contribution in [1.29, 1.82) is 0 Å². The van der Waals surface area contributed by atoms with Crippen LogP contribution in [0.15, 0.2) is 35.5 Å². The summed E-state index contributed by atoms with van der Waals surface area (Å²) in [5, 5.41) is 15.9. The Balaban J connectivity index is 1.31. The SMILES string of the molecule is O=C(CSc1nnnn1C1CCCC1)NC[C@H](c1ccccc1)N1CCCC1. The van der Waals surface area contributed by atoms with Crippen LogP contribution in [-0.4, -0.2) is 56.4 Å². The van der Waals surface area contributed by atoms with Crippen LogP contribution >= 0.6 is 11.8 Å². The molecule has 1 saturated carbocycles. The third-order valence-electron chi connectivity index (χ3n) is 5.72. The number of rotatable bonds is 8. The first-order chi connectivity index (χ1) is 13.8. The number of hydrogen-bond acceptors (Lipinski definition) is 6. The molecule has 8 heteroatoms. The van der Waals surface area contributed by atoms with Crippen LogP contribution < -0.4 is 5.32 Å². The molecule has 1 aromatic carbocycles. The van der Waals surface area contributed by atoms with Gasteiger partial charge in [-0.05, 0) is 54.8 Å². The number of hydrogen-bond donors (Lipinski definition) is 1. The van der Waals surface area contributed by atoms with Gasteiger partial charge in [-0.1, -0.05) is 54.9 Å². The van der Waals surface area contributed by atoms with Crippen molar-refractivity contribution in [2.45, 2.75) is 55.8 Å². The summed E-state index contributed by atoms with van der Waals surface area (Å²) in [5.41, 5.74) is 1.27. The predicted octanol–water partition coefficient (Wildman–Crippen LogP) is 2.83. The Hall–Kier alpha value is -1.93. The van der Waals surface area contributed by atoms with Crippen molar-refractivity contribution >= 4 is 17.7 Å². The molecule has 1 aliphatic heterocycles. The molecule has 1 aliphatic carbocycles. The van der Waals surface area contributed by atoms with Crippen molar-refractivity contribution in [3.8, 4) is 0 Å². The molecule has 0 unspecified atom stereocenters. The molecule has 1 N–H and O–H groups in total. The van der Waals surface area contributed by atoms with E-state index in [9.17, 15) is 4.79 Å². The highest BCUT2D eigenvalue weighted by atomic mass is 32.2. The second-order valence-electron chi connectivity index (χ2n) is 7.61. The lowest BCUT2D eigenvalue weighted by Crippen LogP contribution is -2.37. The van der Waals surface area contributed by atoms with Crippen molar-refractivity contribution < 1.29 is 4.79 Å². The smallest absolute Gasteiger partial charge is 0.230 e. The first kappa shape index (κ1) is 19.4. The minimum absolute atomic E-state index is 0.0334. The second-order valence-corrected chi connectivity index (χ2v) is 8.55. The van der Waals surface area contributed by atoms with Crippen molar-refractivity contribution in [3.05, 3.63) is 35.9 Å². The number of likely N-dealkylation sites (tertiary alicyclic amines) is 1. The molecule has 0 radical (unpaired) electrons. The first-order valence-corrected chi connectivity index (χ1v) is 11.3. The lowest BCUT2D eigenvalue weighted by atomic mass is 10.1. The molecule has 7 nitrogen and oxygen atoms in total. The summed E-state index contributed by atoms with van der Waals surface area (Å²) in [4.78, 5) is 15.0. The van der Waals surface area contributed by atoms with Gasteiger partial charge in [0.05, 0.1) is 17.8 Å². The molecule has 1 saturated heterocycles. The van der Waals surface area contributed by atoms with Gasteiger partial charge in [-0.25, -0.2) is 4.68 Å². The number of nitrogens with one attached hydrogen (secondary N) is 1. The molecule has 2 heterocycles. The molecule has 2 aromatic rings. The third kappa shape index (κ3) is 4.72. The van der Waals surface area contributed by atoms with E-state index >= 15 is 0 Å². The number of nitrogens with zero attached hydrogens (tertiary/aromatic N) is 5. The van der Waals surface area contributed by atoms with Gasteiger partial charge in [-0.15, -0.1) is 5.10 Å². The minimum Gasteiger partial charge on any atom is -0.353 e. The van der Waals surface area contributed by atoms with Crippen LogP contribution in [0, 0.1) is 0 Å². The number of amides is 1. The zero-order valence-electron chi connectivity index (χ0n) is 16.2. The molecule has 2 fully saturated rings. The Morgan fingerprint density at radius 3 is 2.64 bits per heavy atom. The van der Waals surface area contributed by atoms with Gasteiger partial charge in [0.15, 0.2) is 0 Å². The van der Waals surface area contributed by atoms with Gasteiger partial charge in [0.1, 0.15) is 0 Å². The molecule has 1 amide bonds. The highest BCUT2D eigenvalue weighted by Gasteiger charge is 2.25. The minimum atomic E-state index is 0.0334. The van der Waals surface area contributed by atoms with E-state index in [0.717, 1.165) is 31.1 Å². The first-order valence-electron chi connectivity index (χ1n) is 10.3. The average Bonchev–Trinajstić information content (AvgIpc) is 3.49. The highest BCUT2D eigenvalue weighted by Crippen LogP contribution is 2.31. The molecule has 0 bridgehead atoms. The fraction of sp³-hybridized carbons (Fsp3) is 0.600. The zero-order chi connectivity index (χ0) is 19.2. The molecule has 2 aliphatic rings. The Bertz CT molecular complexity index is 755. The summed E-state index contributed by atoms with van der Waals surface area (Å²) >= 11 is 1.43. The average molecular weight is 401 g/mol. The molecule has 28 heavy (non-hydrogen) atoms. The quantitative estimate of drug-likeness (QED) is 0.687. The van der Waals surface area contributed by atoms with Crippen LogP contribution in [0.5, 0.6) is 0 Å². The van der Waals surface area contributed by atoms with E-state index < -0.39 is 0 Å². The van der Waals surface area contributed by atoms with Gasteiger partial charge in [0, 0.05) is 6.54 Å². The molecule has 150 valence electrons. The van der Waals surface area contributed by atoms with Gasteiger partial charge in [0.2, 0.25) is 11.1 Å². The van der Waals surface area contributed by atoms with E-state index in [4.69, 9.17) is 0 Å². The maximum Gasteiger partial charge on any atom is 0.230 e. The number of thioether (sulfide) groups is 1. The number of carbonyl (C=O) groups is 1. The van der Waals surface area contributed by atoms with Crippen molar-refractivity contribution in [2.75, 3.05) is 25.4 Å². The fourth-order valence-corrected chi connectivity index (χ4v) is 5.01. The Morgan fingerprint density at radius 1 is 1.14 bits per heavy atom. The summed E-state index contributed by atoms with van der Waals surface area (Å²) in [7, 11) is 0. The van der Waals surface area contributed by atoms with Gasteiger partial charge in [-0.2, -0.15) is 0 Å². The second kappa shape index (κ2) is 9.52. The molecule has 0 spiro atoms. The monoisotopic (exact) mass is 400 g/mol. The number of aromatic nitrogens is 4. The summed E-state index contributed by atoms with van der Waals surface area (Å²) in [6.07, 6.45) is 7.17.